The number of amides is 1. The Morgan fingerprint density at radius 3 is 2.67 bits per heavy atom. The van der Waals surface area contributed by atoms with Crippen LogP contribution >= 0.6 is 11.3 Å². The van der Waals surface area contributed by atoms with Gasteiger partial charge in [-0.2, -0.15) is 0 Å². The molecule has 1 aromatic carbocycles. The summed E-state index contributed by atoms with van der Waals surface area (Å²) >= 11 is 1.59. The van der Waals surface area contributed by atoms with Crippen LogP contribution in [-0.2, 0) is 11.2 Å². The van der Waals surface area contributed by atoms with E-state index < -0.39 is 6.10 Å². The Kier molecular flexibility index (Phi) is 5.66. The average Bonchev–Trinajstić information content (AvgIpc) is 3.10. The molecule has 2 aromatic rings. The van der Waals surface area contributed by atoms with Crippen LogP contribution in [0.25, 0.3) is 0 Å². The Hall–Kier alpha value is -1.69. The maximum Gasteiger partial charge on any atom is 0.227 e. The van der Waals surface area contributed by atoms with Crippen molar-refractivity contribution in [3.05, 3.63) is 57.8 Å². The number of hydrogen-bond acceptors (Lipinski definition) is 4. The fourth-order valence-electron chi connectivity index (χ4n) is 3.10. The van der Waals surface area contributed by atoms with Crippen molar-refractivity contribution in [1.29, 1.82) is 0 Å². The van der Waals surface area contributed by atoms with Crippen LogP contribution in [0.3, 0.4) is 0 Å². The monoisotopic (exact) mass is 344 g/mol. The van der Waals surface area contributed by atoms with Gasteiger partial charge in [0.1, 0.15) is 6.10 Å². The van der Waals surface area contributed by atoms with Gasteiger partial charge in [0.15, 0.2) is 0 Å². The number of benzene rings is 1. The van der Waals surface area contributed by atoms with Crippen LogP contribution in [0.4, 0.5) is 0 Å². The summed E-state index contributed by atoms with van der Waals surface area (Å²) in [4.78, 5) is 17.6. The van der Waals surface area contributed by atoms with Crippen LogP contribution in [0.1, 0.15) is 22.1 Å². The number of nitrogens with zero attached hydrogens (tertiary/aromatic N) is 2. The van der Waals surface area contributed by atoms with Crippen molar-refractivity contribution in [2.75, 3.05) is 32.7 Å². The molecule has 0 aliphatic carbocycles. The zero-order valence-electron chi connectivity index (χ0n) is 14.0. The van der Waals surface area contributed by atoms with Gasteiger partial charge in [0, 0.05) is 37.6 Å². The summed E-state index contributed by atoms with van der Waals surface area (Å²) in [7, 11) is 0. The lowest BCUT2D eigenvalue weighted by atomic mass is 10.1. The highest BCUT2D eigenvalue weighted by atomic mass is 32.1. The van der Waals surface area contributed by atoms with E-state index in [-0.39, 0.29) is 5.91 Å². The number of β-amino-alcohol motifs (C(OH)–C–C–N with tert-alkyl or cyclic N) is 1. The van der Waals surface area contributed by atoms with Crippen LogP contribution < -0.4 is 0 Å². The Morgan fingerprint density at radius 2 is 2.00 bits per heavy atom. The van der Waals surface area contributed by atoms with Gasteiger partial charge in [0.2, 0.25) is 5.91 Å². The van der Waals surface area contributed by atoms with Gasteiger partial charge in [-0.25, -0.2) is 0 Å². The van der Waals surface area contributed by atoms with Crippen molar-refractivity contribution < 1.29 is 9.90 Å². The number of aliphatic hydroxyl groups is 1. The van der Waals surface area contributed by atoms with Crippen molar-refractivity contribution in [3.63, 3.8) is 0 Å². The maximum atomic E-state index is 12.5. The van der Waals surface area contributed by atoms with E-state index in [1.807, 2.05) is 47.5 Å². The molecule has 3 rings (SSSR count). The molecule has 4 nitrogen and oxygen atoms in total. The Balaban J connectivity index is 1.47. The van der Waals surface area contributed by atoms with E-state index in [0.717, 1.165) is 36.6 Å². The van der Waals surface area contributed by atoms with Crippen LogP contribution in [-0.4, -0.2) is 53.5 Å². The summed E-state index contributed by atoms with van der Waals surface area (Å²) in [5, 5.41) is 12.2. The Labute approximate surface area is 147 Å². The van der Waals surface area contributed by atoms with E-state index in [9.17, 15) is 9.90 Å². The third kappa shape index (κ3) is 4.44. The second-order valence-corrected chi connectivity index (χ2v) is 7.36. The molecule has 2 heterocycles. The molecule has 1 aliphatic heterocycles. The first-order valence-corrected chi connectivity index (χ1v) is 9.27. The van der Waals surface area contributed by atoms with Gasteiger partial charge in [0.25, 0.3) is 0 Å². The first-order valence-electron chi connectivity index (χ1n) is 8.39. The van der Waals surface area contributed by atoms with Gasteiger partial charge >= 0.3 is 0 Å². The normalized spacial score (nSPS) is 17.0. The highest BCUT2D eigenvalue weighted by molar-refractivity contribution is 7.10. The molecule has 0 spiro atoms. The fourth-order valence-corrected chi connectivity index (χ4v) is 3.81. The minimum absolute atomic E-state index is 0.194. The van der Waals surface area contributed by atoms with E-state index in [4.69, 9.17) is 0 Å². The van der Waals surface area contributed by atoms with Crippen molar-refractivity contribution in [1.82, 2.24) is 9.80 Å². The van der Waals surface area contributed by atoms with Gasteiger partial charge < -0.3 is 10.0 Å². The maximum absolute atomic E-state index is 12.5. The number of aliphatic hydroxyl groups excluding tert-OH is 1. The van der Waals surface area contributed by atoms with E-state index in [0.29, 0.717) is 13.0 Å². The third-order valence-corrected chi connectivity index (χ3v) is 5.44. The summed E-state index contributed by atoms with van der Waals surface area (Å²) in [6.07, 6.45) is 0.0408. The molecular formula is C19H24N2O2S. The number of carbonyl (C=O) groups excluding carboxylic acids is 1. The molecule has 24 heavy (non-hydrogen) atoms. The molecule has 0 bridgehead atoms. The van der Waals surface area contributed by atoms with Crippen LogP contribution in [0.5, 0.6) is 0 Å². The van der Waals surface area contributed by atoms with Gasteiger partial charge in [0.05, 0.1) is 6.42 Å². The number of thiophene rings is 1. The number of rotatable bonds is 5. The zero-order valence-corrected chi connectivity index (χ0v) is 14.8. The minimum Gasteiger partial charge on any atom is -0.386 e. The second kappa shape index (κ2) is 7.92. The predicted molar refractivity (Wildman–Crippen MR) is 97.2 cm³/mol. The van der Waals surface area contributed by atoms with Crippen molar-refractivity contribution >= 4 is 17.2 Å². The van der Waals surface area contributed by atoms with Crippen LogP contribution in [0.2, 0.25) is 0 Å². The standard InChI is InChI=1S/C19H24N2O2S/c1-15-4-2-5-16(12-15)13-19(23)21-9-7-20(8-10-21)14-17(22)18-6-3-11-24-18/h2-6,11-12,17,22H,7-10,13-14H2,1H3/t17-/m1/s1. The first-order chi connectivity index (χ1) is 11.6. The molecular weight excluding hydrogens is 320 g/mol. The van der Waals surface area contributed by atoms with E-state index >= 15 is 0 Å². The SMILES string of the molecule is Cc1cccc(CC(=O)N2CCN(C[C@@H](O)c3cccs3)CC2)c1. The zero-order chi connectivity index (χ0) is 16.9. The molecule has 1 atom stereocenters. The van der Waals surface area contributed by atoms with Crippen molar-refractivity contribution in [2.45, 2.75) is 19.4 Å². The molecule has 1 saturated heterocycles. The molecule has 128 valence electrons. The van der Waals surface area contributed by atoms with E-state index in [1.165, 1.54) is 5.56 Å². The Morgan fingerprint density at radius 1 is 1.21 bits per heavy atom. The summed E-state index contributed by atoms with van der Waals surface area (Å²) in [6, 6.07) is 12.1. The van der Waals surface area contributed by atoms with Gasteiger partial charge in [-0.1, -0.05) is 35.9 Å². The van der Waals surface area contributed by atoms with Gasteiger partial charge in [-0.3, -0.25) is 9.69 Å². The molecule has 5 heteroatoms. The molecule has 0 saturated carbocycles. The lowest BCUT2D eigenvalue weighted by molar-refractivity contribution is -0.132. The Bertz CT molecular complexity index is 664. The first kappa shape index (κ1) is 17.1. The topological polar surface area (TPSA) is 43.8 Å². The summed E-state index contributed by atoms with van der Waals surface area (Å²) in [5.41, 5.74) is 2.27. The van der Waals surface area contributed by atoms with Crippen molar-refractivity contribution in [2.24, 2.45) is 0 Å². The molecule has 0 unspecified atom stereocenters. The average molecular weight is 344 g/mol. The van der Waals surface area contributed by atoms with E-state index in [1.54, 1.807) is 11.3 Å². The molecule has 1 amide bonds. The highest BCUT2D eigenvalue weighted by Crippen LogP contribution is 2.20. The summed E-state index contributed by atoms with van der Waals surface area (Å²) < 4.78 is 0. The number of hydrogen-bond donors (Lipinski definition) is 1. The second-order valence-electron chi connectivity index (χ2n) is 6.38. The molecule has 1 fully saturated rings. The minimum atomic E-state index is -0.431. The third-order valence-electron chi connectivity index (χ3n) is 4.47. The predicted octanol–water partition coefficient (Wildman–Crippen LogP) is 2.48. The molecule has 0 radical (unpaired) electrons. The lowest BCUT2D eigenvalue weighted by Gasteiger charge is -2.35. The number of aryl methyl sites for hydroxylation is 1. The fraction of sp³-hybridized carbons (Fsp3) is 0.421. The van der Waals surface area contributed by atoms with Crippen molar-refractivity contribution in [3.8, 4) is 0 Å². The summed E-state index contributed by atoms with van der Waals surface area (Å²) in [6.45, 7) is 5.81. The largest absolute Gasteiger partial charge is 0.386 e. The molecule has 1 N–H and O–H groups in total. The lowest BCUT2D eigenvalue weighted by Crippen LogP contribution is -2.49. The van der Waals surface area contributed by atoms with Crippen LogP contribution in [0.15, 0.2) is 41.8 Å². The van der Waals surface area contributed by atoms with E-state index in [2.05, 4.69) is 11.0 Å². The van der Waals surface area contributed by atoms with Gasteiger partial charge in [-0.15, -0.1) is 11.3 Å². The number of carbonyl (C=O) groups is 1. The summed E-state index contributed by atoms with van der Waals surface area (Å²) in [5.74, 6) is 0.194. The number of piperazine rings is 1. The van der Waals surface area contributed by atoms with Crippen LogP contribution in [0, 0.1) is 6.92 Å². The quantitative estimate of drug-likeness (QED) is 0.906. The van der Waals surface area contributed by atoms with Gasteiger partial charge in [-0.05, 0) is 23.9 Å². The molecule has 1 aliphatic rings. The highest BCUT2D eigenvalue weighted by Gasteiger charge is 2.23. The molecule has 1 aromatic heterocycles. The smallest absolute Gasteiger partial charge is 0.227 e.